The Balaban J connectivity index is 1.99. The molecule has 0 atom stereocenters. The quantitative estimate of drug-likeness (QED) is 0.265. The van der Waals surface area contributed by atoms with Crippen molar-refractivity contribution in [1.29, 1.82) is 0 Å². The Labute approximate surface area is 193 Å². The van der Waals surface area contributed by atoms with Crippen molar-refractivity contribution in [2.24, 2.45) is 5.16 Å². The SMILES string of the molecule is C=C(NOC)C(=NOC(=O)N(C)SN(C)C(=O)Oc1cccc2sccc12)C(=O)N(C)C. The summed E-state index contributed by atoms with van der Waals surface area (Å²) < 4.78 is 8.51. The predicted molar refractivity (Wildman–Crippen MR) is 123 cm³/mol. The Morgan fingerprint density at radius 3 is 2.44 bits per heavy atom. The lowest BCUT2D eigenvalue weighted by atomic mass is 10.2. The standard InChI is InChI=1S/C19H23N5O6S2/c1-12(20-28-6)16(17(25)22(2)3)21-30-19(27)24(5)32-23(4)18(26)29-14-8-7-9-15-13(14)10-11-31-15/h7-11,20H,1H2,2-6H3. The third kappa shape index (κ3) is 6.35. The number of nitrogens with one attached hydrogen (secondary N) is 1. The first-order valence-electron chi connectivity index (χ1n) is 8.98. The van der Waals surface area contributed by atoms with Crippen molar-refractivity contribution in [3.8, 4) is 5.75 Å². The van der Waals surface area contributed by atoms with Gasteiger partial charge in [-0.1, -0.05) is 17.8 Å². The largest absolute Gasteiger partial charge is 0.447 e. The highest BCUT2D eigenvalue weighted by Crippen LogP contribution is 2.30. The van der Waals surface area contributed by atoms with E-state index in [1.54, 1.807) is 12.1 Å². The average molecular weight is 482 g/mol. The molecule has 0 aliphatic heterocycles. The third-order valence-corrected chi connectivity index (χ3v) is 5.42. The predicted octanol–water partition coefficient (Wildman–Crippen LogP) is 3.07. The van der Waals surface area contributed by atoms with Crippen LogP contribution in [0.5, 0.6) is 5.75 Å². The zero-order valence-corrected chi connectivity index (χ0v) is 19.8. The molecule has 0 bridgehead atoms. The second kappa shape index (κ2) is 11.4. The maximum atomic E-state index is 12.4. The van der Waals surface area contributed by atoms with E-state index in [1.807, 2.05) is 17.5 Å². The zero-order valence-electron chi connectivity index (χ0n) is 18.1. The molecule has 32 heavy (non-hydrogen) atoms. The van der Waals surface area contributed by atoms with Crippen LogP contribution in [-0.2, 0) is 14.5 Å². The van der Waals surface area contributed by atoms with E-state index >= 15 is 0 Å². The number of benzene rings is 1. The van der Waals surface area contributed by atoms with Crippen molar-refractivity contribution < 1.29 is 28.8 Å². The summed E-state index contributed by atoms with van der Waals surface area (Å²) in [6.07, 6.45) is -1.64. The Morgan fingerprint density at radius 2 is 1.78 bits per heavy atom. The Kier molecular flexibility index (Phi) is 8.87. The minimum atomic E-state index is -0.941. The number of oxime groups is 1. The highest BCUT2D eigenvalue weighted by atomic mass is 32.2. The van der Waals surface area contributed by atoms with Gasteiger partial charge in [-0.05, 0) is 23.6 Å². The van der Waals surface area contributed by atoms with Gasteiger partial charge in [0.05, 0.1) is 24.9 Å². The molecule has 0 fully saturated rings. The third-order valence-electron chi connectivity index (χ3n) is 3.75. The fourth-order valence-corrected chi connectivity index (χ4v) is 3.59. The lowest BCUT2D eigenvalue weighted by Gasteiger charge is -2.20. The van der Waals surface area contributed by atoms with E-state index in [0.717, 1.165) is 30.8 Å². The second-order valence-electron chi connectivity index (χ2n) is 6.31. The van der Waals surface area contributed by atoms with Crippen LogP contribution in [0.25, 0.3) is 10.1 Å². The second-order valence-corrected chi connectivity index (χ2v) is 8.52. The number of carbonyl (C=O) groups is 3. The van der Waals surface area contributed by atoms with Crippen molar-refractivity contribution in [1.82, 2.24) is 19.0 Å². The van der Waals surface area contributed by atoms with Gasteiger partial charge in [0.2, 0.25) is 0 Å². The molecule has 0 saturated carbocycles. The van der Waals surface area contributed by atoms with Crippen LogP contribution in [0.15, 0.2) is 47.1 Å². The minimum absolute atomic E-state index is 0.00221. The maximum absolute atomic E-state index is 12.4. The number of hydrogen-bond donors (Lipinski definition) is 1. The van der Waals surface area contributed by atoms with Crippen LogP contribution in [0, 0.1) is 0 Å². The first kappa shape index (κ1) is 25.0. The van der Waals surface area contributed by atoms with Gasteiger partial charge in [-0.2, -0.15) is 0 Å². The summed E-state index contributed by atoms with van der Waals surface area (Å²) in [4.78, 5) is 47.7. The monoisotopic (exact) mass is 481 g/mol. The Morgan fingerprint density at radius 1 is 1.09 bits per heavy atom. The first-order chi connectivity index (χ1) is 15.1. The van der Waals surface area contributed by atoms with Crippen molar-refractivity contribution in [3.05, 3.63) is 41.9 Å². The number of fused-ring (bicyclic) bond motifs is 1. The number of thiophene rings is 1. The van der Waals surface area contributed by atoms with Crippen LogP contribution in [0.1, 0.15) is 0 Å². The van der Waals surface area contributed by atoms with Crippen LogP contribution < -0.4 is 10.2 Å². The lowest BCUT2D eigenvalue weighted by Crippen LogP contribution is -2.35. The summed E-state index contributed by atoms with van der Waals surface area (Å²) >= 11 is 2.25. The van der Waals surface area contributed by atoms with Gasteiger partial charge in [-0.3, -0.25) is 19.9 Å². The molecule has 1 aromatic carbocycles. The van der Waals surface area contributed by atoms with E-state index in [1.165, 1.54) is 51.5 Å². The highest BCUT2D eigenvalue weighted by molar-refractivity contribution is 7.95. The number of amides is 3. The van der Waals surface area contributed by atoms with Gasteiger partial charge in [0.25, 0.3) is 5.91 Å². The molecule has 1 heterocycles. The molecule has 0 radical (unpaired) electrons. The summed E-state index contributed by atoms with van der Waals surface area (Å²) in [7, 11) is 7.12. The van der Waals surface area contributed by atoms with E-state index in [0.29, 0.717) is 5.75 Å². The van der Waals surface area contributed by atoms with Crippen molar-refractivity contribution in [3.63, 3.8) is 0 Å². The molecule has 1 N–H and O–H groups in total. The normalized spacial score (nSPS) is 11.0. The minimum Gasteiger partial charge on any atom is -0.409 e. The number of carbonyl (C=O) groups excluding carboxylic acids is 3. The van der Waals surface area contributed by atoms with E-state index in [9.17, 15) is 14.4 Å². The number of hydroxylamine groups is 1. The van der Waals surface area contributed by atoms with E-state index in [2.05, 4.69) is 17.2 Å². The molecule has 3 amide bonds. The molecular weight excluding hydrogens is 458 g/mol. The van der Waals surface area contributed by atoms with Gasteiger partial charge >= 0.3 is 12.2 Å². The highest BCUT2D eigenvalue weighted by Gasteiger charge is 2.23. The Hall–Kier alpha value is -3.29. The summed E-state index contributed by atoms with van der Waals surface area (Å²) in [5.74, 6) is -0.155. The molecule has 2 rings (SSSR count). The molecule has 2 aromatic rings. The van der Waals surface area contributed by atoms with Crippen LogP contribution in [-0.4, -0.2) is 72.6 Å². The van der Waals surface area contributed by atoms with Gasteiger partial charge < -0.3 is 9.64 Å². The van der Waals surface area contributed by atoms with Gasteiger partial charge in [0.1, 0.15) is 5.75 Å². The molecule has 0 aliphatic rings. The summed E-state index contributed by atoms with van der Waals surface area (Å²) in [5.41, 5.74) is 2.10. The van der Waals surface area contributed by atoms with Crippen LogP contribution >= 0.6 is 23.5 Å². The molecule has 0 aliphatic carbocycles. The lowest BCUT2D eigenvalue weighted by molar-refractivity contribution is -0.121. The summed E-state index contributed by atoms with van der Waals surface area (Å²) in [6, 6.07) is 7.25. The van der Waals surface area contributed by atoms with Crippen molar-refractivity contribution >= 4 is 57.4 Å². The topological polar surface area (TPSA) is 113 Å². The van der Waals surface area contributed by atoms with Crippen molar-refractivity contribution in [2.45, 2.75) is 0 Å². The molecule has 0 spiro atoms. The van der Waals surface area contributed by atoms with Crippen LogP contribution in [0.4, 0.5) is 9.59 Å². The molecule has 0 saturated heterocycles. The number of nitrogens with zero attached hydrogens (tertiary/aromatic N) is 4. The first-order valence-corrected chi connectivity index (χ1v) is 10.6. The molecule has 1 aromatic heterocycles. The zero-order chi connectivity index (χ0) is 23.8. The van der Waals surface area contributed by atoms with Crippen LogP contribution in [0.2, 0.25) is 0 Å². The fraction of sp³-hybridized carbons (Fsp3) is 0.263. The number of hydrogen-bond acceptors (Lipinski definition) is 10. The van der Waals surface area contributed by atoms with Gasteiger partial charge in [0, 0.05) is 38.3 Å². The summed E-state index contributed by atoms with van der Waals surface area (Å²) in [5, 5.41) is 6.29. The number of rotatable bonds is 8. The molecule has 0 unspecified atom stereocenters. The van der Waals surface area contributed by atoms with Gasteiger partial charge in [-0.25, -0.2) is 18.2 Å². The smallest absolute Gasteiger partial charge is 0.409 e. The Bertz CT molecular complexity index is 1040. The molecular formula is C19H23N5O6S2. The fourth-order valence-electron chi connectivity index (χ4n) is 2.21. The molecule has 172 valence electrons. The van der Waals surface area contributed by atoms with Crippen LogP contribution in [0.3, 0.4) is 0 Å². The molecule has 11 nitrogen and oxygen atoms in total. The van der Waals surface area contributed by atoms with Crippen molar-refractivity contribution in [2.75, 3.05) is 35.3 Å². The molecule has 13 heteroatoms. The number of ether oxygens (including phenoxy) is 1. The van der Waals surface area contributed by atoms with E-state index < -0.39 is 18.1 Å². The van der Waals surface area contributed by atoms with E-state index in [4.69, 9.17) is 14.4 Å². The van der Waals surface area contributed by atoms with Gasteiger partial charge in [-0.15, -0.1) is 11.3 Å². The summed E-state index contributed by atoms with van der Waals surface area (Å²) in [6.45, 7) is 3.61. The van der Waals surface area contributed by atoms with E-state index in [-0.39, 0.29) is 11.4 Å². The maximum Gasteiger partial charge on any atom is 0.447 e. The van der Waals surface area contributed by atoms with Gasteiger partial charge in [0.15, 0.2) is 5.71 Å². The average Bonchev–Trinajstić information content (AvgIpc) is 3.23.